The number of anilines is 1. The number of rotatable bonds is 13. The molecule has 46 heavy (non-hydrogen) atoms. The molecule has 2 atom stereocenters. The standard InChI is InChI=1S/C34H33Cl4N3O4S/c1-3-23(2)39-34(43)31(20-24-12-6-4-7-13-24)40(21-26-27(35)16-10-17-28(26)36)32(42)22-41(30-19-11-18-29(37)33(30)38)46(44,45)25-14-8-5-9-15-25/h4-19,23,31H,3,20-22H2,1-2H3,(H,39,43). The van der Waals surface area contributed by atoms with Gasteiger partial charge in [0.15, 0.2) is 0 Å². The Morgan fingerprint density at radius 1 is 0.783 bits per heavy atom. The van der Waals surface area contributed by atoms with Gasteiger partial charge < -0.3 is 10.2 Å². The normalized spacial score (nSPS) is 12.7. The molecule has 2 unspecified atom stereocenters. The largest absolute Gasteiger partial charge is 0.352 e. The Morgan fingerprint density at radius 2 is 1.35 bits per heavy atom. The van der Waals surface area contributed by atoms with E-state index in [1.165, 1.54) is 29.2 Å². The van der Waals surface area contributed by atoms with E-state index in [9.17, 15) is 18.0 Å². The predicted octanol–water partition coefficient (Wildman–Crippen LogP) is 8.05. The summed E-state index contributed by atoms with van der Waals surface area (Å²) in [5.41, 5.74) is 1.21. The summed E-state index contributed by atoms with van der Waals surface area (Å²) in [6.45, 7) is 2.92. The highest BCUT2D eigenvalue weighted by molar-refractivity contribution is 7.92. The van der Waals surface area contributed by atoms with Crippen LogP contribution in [0.3, 0.4) is 0 Å². The highest BCUT2D eigenvalue weighted by Crippen LogP contribution is 2.36. The maximum absolute atomic E-state index is 14.6. The predicted molar refractivity (Wildman–Crippen MR) is 186 cm³/mol. The molecule has 4 aromatic rings. The van der Waals surface area contributed by atoms with Gasteiger partial charge in [-0.2, -0.15) is 0 Å². The molecule has 0 radical (unpaired) electrons. The molecule has 0 aliphatic rings. The minimum absolute atomic E-state index is 0.00533. The number of nitrogens with one attached hydrogen (secondary N) is 1. The molecule has 0 saturated carbocycles. The van der Waals surface area contributed by atoms with Crippen molar-refractivity contribution in [1.29, 1.82) is 0 Å². The average Bonchev–Trinajstić information content (AvgIpc) is 3.04. The van der Waals surface area contributed by atoms with Crippen molar-refractivity contribution in [3.63, 3.8) is 0 Å². The first-order valence-corrected chi connectivity index (χ1v) is 17.5. The number of benzene rings is 4. The molecule has 1 N–H and O–H groups in total. The first-order valence-electron chi connectivity index (χ1n) is 14.5. The number of carbonyl (C=O) groups is 2. The summed E-state index contributed by atoms with van der Waals surface area (Å²) in [5, 5.41) is 3.63. The van der Waals surface area contributed by atoms with Gasteiger partial charge >= 0.3 is 0 Å². The lowest BCUT2D eigenvalue weighted by Crippen LogP contribution is -2.54. The van der Waals surface area contributed by atoms with Gasteiger partial charge in [0.05, 0.1) is 20.6 Å². The number of hydrogen-bond acceptors (Lipinski definition) is 4. The molecule has 0 saturated heterocycles. The summed E-state index contributed by atoms with van der Waals surface area (Å²) >= 11 is 26.0. The summed E-state index contributed by atoms with van der Waals surface area (Å²) in [5.74, 6) is -1.10. The number of hydrogen-bond donors (Lipinski definition) is 1. The number of nitrogens with zero attached hydrogens (tertiary/aromatic N) is 2. The van der Waals surface area contributed by atoms with E-state index in [1.807, 2.05) is 44.2 Å². The summed E-state index contributed by atoms with van der Waals surface area (Å²) in [6, 6.07) is 25.1. The van der Waals surface area contributed by atoms with Crippen LogP contribution >= 0.6 is 46.4 Å². The fraction of sp³-hybridized carbons (Fsp3) is 0.235. The van der Waals surface area contributed by atoms with Crippen LogP contribution in [0.2, 0.25) is 20.1 Å². The number of carbonyl (C=O) groups excluding carboxylic acids is 2. The van der Waals surface area contributed by atoms with Crippen LogP contribution in [-0.4, -0.2) is 43.8 Å². The van der Waals surface area contributed by atoms with Crippen LogP contribution in [0.4, 0.5) is 5.69 Å². The quantitative estimate of drug-likeness (QED) is 0.152. The van der Waals surface area contributed by atoms with Gasteiger partial charge in [-0.05, 0) is 55.3 Å². The fourth-order valence-corrected chi connectivity index (χ4v) is 7.18. The van der Waals surface area contributed by atoms with Crippen LogP contribution in [0.1, 0.15) is 31.4 Å². The topological polar surface area (TPSA) is 86.8 Å². The van der Waals surface area contributed by atoms with E-state index in [1.54, 1.807) is 42.5 Å². The van der Waals surface area contributed by atoms with Crippen molar-refractivity contribution in [3.8, 4) is 0 Å². The second-order valence-corrected chi connectivity index (χ2v) is 14.1. The van der Waals surface area contributed by atoms with E-state index < -0.39 is 34.4 Å². The number of halogens is 4. The average molecular weight is 722 g/mol. The third-order valence-corrected chi connectivity index (χ3v) is 10.8. The fourth-order valence-electron chi connectivity index (χ4n) is 4.77. The molecule has 0 aliphatic heterocycles. The van der Waals surface area contributed by atoms with E-state index in [0.717, 1.165) is 9.87 Å². The summed E-state index contributed by atoms with van der Waals surface area (Å²) < 4.78 is 29.2. The highest BCUT2D eigenvalue weighted by Gasteiger charge is 2.36. The summed E-state index contributed by atoms with van der Waals surface area (Å²) in [7, 11) is -4.35. The van der Waals surface area contributed by atoms with Gasteiger partial charge in [0, 0.05) is 34.6 Å². The van der Waals surface area contributed by atoms with Gasteiger partial charge in [0.25, 0.3) is 10.0 Å². The lowest BCUT2D eigenvalue weighted by molar-refractivity contribution is -0.140. The van der Waals surface area contributed by atoms with Crippen molar-refractivity contribution in [1.82, 2.24) is 10.2 Å². The molecule has 0 aromatic heterocycles. The molecule has 0 heterocycles. The minimum Gasteiger partial charge on any atom is -0.352 e. The molecular weight excluding hydrogens is 688 g/mol. The van der Waals surface area contributed by atoms with Gasteiger partial charge in [-0.3, -0.25) is 13.9 Å². The molecule has 0 bridgehead atoms. The molecule has 4 aromatic carbocycles. The van der Waals surface area contributed by atoms with Crippen molar-refractivity contribution in [3.05, 3.63) is 128 Å². The third kappa shape index (κ3) is 8.55. The van der Waals surface area contributed by atoms with E-state index in [2.05, 4.69) is 5.32 Å². The van der Waals surface area contributed by atoms with Crippen molar-refractivity contribution in [2.24, 2.45) is 0 Å². The SMILES string of the molecule is CCC(C)NC(=O)C(Cc1ccccc1)N(Cc1c(Cl)cccc1Cl)C(=O)CN(c1cccc(Cl)c1Cl)S(=O)(=O)c1ccccc1. The summed E-state index contributed by atoms with van der Waals surface area (Å²) in [4.78, 5) is 29.8. The zero-order chi connectivity index (χ0) is 33.4. The maximum Gasteiger partial charge on any atom is 0.264 e. The molecular formula is C34H33Cl4N3O4S. The van der Waals surface area contributed by atoms with E-state index >= 15 is 0 Å². The van der Waals surface area contributed by atoms with E-state index in [0.29, 0.717) is 12.0 Å². The highest BCUT2D eigenvalue weighted by atomic mass is 35.5. The lowest BCUT2D eigenvalue weighted by atomic mass is 10.0. The second-order valence-electron chi connectivity index (χ2n) is 10.6. The van der Waals surface area contributed by atoms with Crippen LogP contribution in [-0.2, 0) is 32.6 Å². The first-order chi connectivity index (χ1) is 21.9. The van der Waals surface area contributed by atoms with Crippen LogP contribution in [0.5, 0.6) is 0 Å². The van der Waals surface area contributed by atoms with Crippen molar-refractivity contribution < 1.29 is 18.0 Å². The zero-order valence-corrected chi connectivity index (χ0v) is 29.0. The lowest BCUT2D eigenvalue weighted by Gasteiger charge is -2.35. The van der Waals surface area contributed by atoms with Gasteiger partial charge in [-0.15, -0.1) is 0 Å². The van der Waals surface area contributed by atoms with Crippen LogP contribution in [0.15, 0.2) is 102 Å². The van der Waals surface area contributed by atoms with Gasteiger partial charge in [-0.25, -0.2) is 8.42 Å². The smallest absolute Gasteiger partial charge is 0.264 e. The Morgan fingerprint density at radius 3 is 1.96 bits per heavy atom. The third-order valence-electron chi connectivity index (χ3n) is 7.47. The molecule has 0 fully saturated rings. The van der Waals surface area contributed by atoms with Crippen LogP contribution in [0, 0.1) is 0 Å². The van der Waals surface area contributed by atoms with Gasteiger partial charge in [0.1, 0.15) is 12.6 Å². The zero-order valence-electron chi connectivity index (χ0n) is 25.2. The number of amides is 2. The second kappa shape index (κ2) is 16.0. The Bertz CT molecular complexity index is 1760. The van der Waals surface area contributed by atoms with Crippen molar-refractivity contribution in [2.45, 2.75) is 50.2 Å². The minimum atomic E-state index is -4.35. The Labute approximate surface area is 290 Å². The van der Waals surface area contributed by atoms with E-state index in [-0.39, 0.29) is 49.7 Å². The van der Waals surface area contributed by atoms with Gasteiger partial charge in [-0.1, -0.05) is 114 Å². The Hall–Kier alpha value is -3.27. The number of sulfonamides is 1. The first kappa shape index (κ1) is 35.6. The Kier molecular flexibility index (Phi) is 12.4. The monoisotopic (exact) mass is 719 g/mol. The maximum atomic E-state index is 14.6. The molecule has 4 rings (SSSR count). The van der Waals surface area contributed by atoms with E-state index in [4.69, 9.17) is 46.4 Å². The van der Waals surface area contributed by atoms with Crippen LogP contribution in [0.25, 0.3) is 0 Å². The molecule has 12 heteroatoms. The molecule has 0 spiro atoms. The van der Waals surface area contributed by atoms with Gasteiger partial charge in [0.2, 0.25) is 11.8 Å². The summed E-state index contributed by atoms with van der Waals surface area (Å²) in [6.07, 6.45) is 0.796. The van der Waals surface area contributed by atoms with Crippen LogP contribution < -0.4 is 9.62 Å². The Balaban J connectivity index is 1.87. The molecule has 7 nitrogen and oxygen atoms in total. The molecule has 2 amide bonds. The molecule has 0 aliphatic carbocycles. The molecule has 242 valence electrons. The van der Waals surface area contributed by atoms with Crippen molar-refractivity contribution in [2.75, 3.05) is 10.8 Å². The van der Waals surface area contributed by atoms with Crippen molar-refractivity contribution >= 4 is 73.9 Å².